The molecule has 0 bridgehead atoms. The van der Waals surface area contributed by atoms with Crippen molar-refractivity contribution < 1.29 is 22.7 Å². The number of carbonyl (C=O) groups is 2. The van der Waals surface area contributed by atoms with Crippen LogP contribution >= 0.6 is 0 Å². The van der Waals surface area contributed by atoms with Crippen LogP contribution in [0.15, 0.2) is 24.3 Å². The normalized spacial score (nSPS) is 19.1. The molecule has 126 valence electrons. The summed E-state index contributed by atoms with van der Waals surface area (Å²) >= 11 is 0. The number of nitrogens with one attached hydrogen (secondary N) is 1. The second-order valence-electron chi connectivity index (χ2n) is 5.49. The summed E-state index contributed by atoms with van der Waals surface area (Å²) in [5, 5.41) is 2.94. The third kappa shape index (κ3) is 4.44. The summed E-state index contributed by atoms with van der Waals surface area (Å²) in [7, 11) is -0.111. The van der Waals surface area contributed by atoms with E-state index in [0.717, 1.165) is 0 Å². The number of rotatable bonds is 5. The lowest BCUT2D eigenvalue weighted by Gasteiger charge is -2.23. The summed E-state index contributed by atoms with van der Waals surface area (Å²) in [6.07, 6.45) is 0.475. The fourth-order valence-electron chi connectivity index (χ4n) is 2.46. The Kier molecular flexibility index (Phi) is 5.25. The van der Waals surface area contributed by atoms with Crippen molar-refractivity contribution >= 4 is 27.4 Å². The Hall–Kier alpha value is -2.09. The first-order valence-electron chi connectivity index (χ1n) is 7.21. The lowest BCUT2D eigenvalue weighted by Crippen LogP contribution is -2.40. The largest absolute Gasteiger partial charge is 0.465 e. The summed E-state index contributed by atoms with van der Waals surface area (Å²) < 4.78 is 27.6. The molecule has 1 aromatic carbocycles. The topological polar surface area (TPSA) is 92.8 Å². The van der Waals surface area contributed by atoms with Crippen LogP contribution in [0.2, 0.25) is 0 Å². The number of nitrogens with zero attached hydrogens (tertiary/aromatic N) is 1. The lowest BCUT2D eigenvalue weighted by molar-refractivity contribution is -0.129. The second kappa shape index (κ2) is 6.99. The summed E-state index contributed by atoms with van der Waals surface area (Å²) in [5.41, 5.74) is 1.01. The molecular formula is C15H20N2O5S. The Morgan fingerprint density at radius 2 is 2.13 bits per heavy atom. The van der Waals surface area contributed by atoms with Crippen molar-refractivity contribution in [2.75, 3.05) is 37.5 Å². The van der Waals surface area contributed by atoms with Crippen LogP contribution in [0.1, 0.15) is 16.8 Å². The Labute approximate surface area is 135 Å². The van der Waals surface area contributed by atoms with E-state index >= 15 is 0 Å². The molecule has 0 spiro atoms. The predicted molar refractivity (Wildman–Crippen MR) is 86.1 cm³/mol. The Bertz CT molecular complexity index is 702. The van der Waals surface area contributed by atoms with Crippen molar-refractivity contribution in [3.8, 4) is 0 Å². The van der Waals surface area contributed by atoms with Crippen LogP contribution in [0.3, 0.4) is 0 Å². The third-order valence-electron chi connectivity index (χ3n) is 3.88. The number of sulfone groups is 1. The molecule has 1 aromatic rings. The molecular weight excluding hydrogens is 320 g/mol. The number of likely N-dealkylation sites (N-methyl/N-ethyl adjacent to an activating group) is 1. The molecule has 23 heavy (non-hydrogen) atoms. The maximum Gasteiger partial charge on any atom is 0.337 e. The van der Waals surface area contributed by atoms with Crippen molar-refractivity contribution in [1.29, 1.82) is 0 Å². The van der Waals surface area contributed by atoms with Gasteiger partial charge in [-0.15, -0.1) is 0 Å². The first-order chi connectivity index (χ1) is 10.8. The molecule has 1 N–H and O–H groups in total. The molecule has 1 aliphatic rings. The zero-order valence-corrected chi connectivity index (χ0v) is 13.9. The third-order valence-corrected chi connectivity index (χ3v) is 5.63. The van der Waals surface area contributed by atoms with Crippen LogP contribution in [0.4, 0.5) is 5.69 Å². The summed E-state index contributed by atoms with van der Waals surface area (Å²) in [6.45, 7) is 0.0255. The van der Waals surface area contributed by atoms with Gasteiger partial charge in [0.15, 0.2) is 9.84 Å². The number of esters is 1. The van der Waals surface area contributed by atoms with Gasteiger partial charge in [0.2, 0.25) is 5.91 Å². The van der Waals surface area contributed by atoms with E-state index in [1.165, 1.54) is 12.0 Å². The van der Waals surface area contributed by atoms with Gasteiger partial charge in [0, 0.05) is 18.8 Å². The molecule has 1 atom stereocenters. The van der Waals surface area contributed by atoms with Gasteiger partial charge >= 0.3 is 5.97 Å². The SMILES string of the molecule is COC(=O)c1cccc(NCC(=O)N(C)[C@H]2CCS(=O)(=O)C2)c1. The van der Waals surface area contributed by atoms with Gasteiger partial charge in [0.25, 0.3) is 0 Å². The first kappa shape index (κ1) is 17.3. The van der Waals surface area contributed by atoms with Gasteiger partial charge in [-0.25, -0.2) is 13.2 Å². The van der Waals surface area contributed by atoms with E-state index in [1.807, 2.05) is 0 Å². The molecule has 1 amide bonds. The quantitative estimate of drug-likeness (QED) is 0.786. The molecule has 0 saturated carbocycles. The number of amides is 1. The highest BCUT2D eigenvalue weighted by Crippen LogP contribution is 2.17. The molecule has 1 saturated heterocycles. The minimum atomic E-state index is -3.02. The van der Waals surface area contributed by atoms with Crippen LogP contribution in [0.25, 0.3) is 0 Å². The first-order valence-corrected chi connectivity index (χ1v) is 9.03. The number of carbonyl (C=O) groups excluding carboxylic acids is 2. The smallest absolute Gasteiger partial charge is 0.337 e. The van der Waals surface area contributed by atoms with E-state index in [2.05, 4.69) is 10.1 Å². The molecule has 0 aliphatic carbocycles. The van der Waals surface area contributed by atoms with Crippen LogP contribution in [0, 0.1) is 0 Å². The average Bonchev–Trinajstić information content (AvgIpc) is 2.91. The van der Waals surface area contributed by atoms with E-state index in [9.17, 15) is 18.0 Å². The maximum absolute atomic E-state index is 12.2. The predicted octanol–water partition coefficient (Wildman–Crippen LogP) is 0.531. The Morgan fingerprint density at radius 1 is 1.39 bits per heavy atom. The number of ether oxygens (including phenoxy) is 1. The van der Waals surface area contributed by atoms with Crippen molar-refractivity contribution in [1.82, 2.24) is 4.90 Å². The van der Waals surface area contributed by atoms with Gasteiger partial charge in [-0.05, 0) is 24.6 Å². The van der Waals surface area contributed by atoms with Crippen LogP contribution in [-0.4, -0.2) is 63.4 Å². The fraction of sp³-hybridized carbons (Fsp3) is 0.467. The molecule has 8 heteroatoms. The highest BCUT2D eigenvalue weighted by atomic mass is 32.2. The van der Waals surface area contributed by atoms with Crippen molar-refractivity contribution in [3.63, 3.8) is 0 Å². The van der Waals surface area contributed by atoms with E-state index in [4.69, 9.17) is 0 Å². The summed E-state index contributed by atoms with van der Waals surface area (Å²) in [6, 6.07) is 6.37. The Balaban J connectivity index is 1.93. The molecule has 2 rings (SSSR count). The molecule has 1 aliphatic heterocycles. The van der Waals surface area contributed by atoms with E-state index in [0.29, 0.717) is 17.7 Å². The number of hydrogen-bond donors (Lipinski definition) is 1. The molecule has 0 unspecified atom stereocenters. The summed E-state index contributed by atoms with van der Waals surface area (Å²) in [5.74, 6) is -0.499. The van der Waals surface area contributed by atoms with Crippen LogP contribution in [-0.2, 0) is 19.4 Å². The van der Waals surface area contributed by atoms with Crippen LogP contribution in [0.5, 0.6) is 0 Å². The number of benzene rings is 1. The lowest BCUT2D eigenvalue weighted by atomic mass is 10.2. The van der Waals surface area contributed by atoms with Gasteiger partial charge in [-0.1, -0.05) is 6.07 Å². The number of methoxy groups -OCH3 is 1. The van der Waals surface area contributed by atoms with Crippen molar-refractivity contribution in [2.45, 2.75) is 12.5 Å². The summed E-state index contributed by atoms with van der Waals surface area (Å²) in [4.78, 5) is 25.1. The highest BCUT2D eigenvalue weighted by molar-refractivity contribution is 7.91. The maximum atomic E-state index is 12.2. The minimum Gasteiger partial charge on any atom is -0.465 e. The monoisotopic (exact) mass is 340 g/mol. The van der Waals surface area contributed by atoms with Gasteiger partial charge in [-0.3, -0.25) is 4.79 Å². The van der Waals surface area contributed by atoms with Gasteiger partial charge in [0.1, 0.15) is 0 Å². The Morgan fingerprint density at radius 3 is 2.74 bits per heavy atom. The van der Waals surface area contributed by atoms with Gasteiger partial charge < -0.3 is 15.0 Å². The number of anilines is 1. The molecule has 0 aromatic heterocycles. The van der Waals surface area contributed by atoms with E-state index in [1.54, 1.807) is 31.3 Å². The molecule has 0 radical (unpaired) electrons. The minimum absolute atomic E-state index is 0.0209. The van der Waals surface area contributed by atoms with Gasteiger partial charge in [-0.2, -0.15) is 0 Å². The van der Waals surface area contributed by atoms with Gasteiger partial charge in [0.05, 0.1) is 30.7 Å². The second-order valence-corrected chi connectivity index (χ2v) is 7.72. The molecule has 1 fully saturated rings. The van der Waals surface area contributed by atoms with E-state index < -0.39 is 15.8 Å². The highest BCUT2D eigenvalue weighted by Gasteiger charge is 2.32. The average molecular weight is 340 g/mol. The van der Waals surface area contributed by atoms with E-state index in [-0.39, 0.29) is 30.0 Å². The van der Waals surface area contributed by atoms with Crippen LogP contribution < -0.4 is 5.32 Å². The molecule has 1 heterocycles. The molecule has 7 nitrogen and oxygen atoms in total. The van der Waals surface area contributed by atoms with Crippen molar-refractivity contribution in [3.05, 3.63) is 29.8 Å². The standard InChI is InChI=1S/C15H20N2O5S/c1-17(13-6-7-23(20,21)10-13)14(18)9-16-12-5-3-4-11(8-12)15(19)22-2/h3-5,8,13,16H,6-7,9-10H2,1-2H3/t13-/m0/s1. The zero-order chi connectivity index (χ0) is 17.0. The fourth-order valence-corrected chi connectivity index (χ4v) is 4.24. The van der Waals surface area contributed by atoms with Crippen molar-refractivity contribution in [2.24, 2.45) is 0 Å². The zero-order valence-electron chi connectivity index (χ0n) is 13.1. The number of hydrogen-bond acceptors (Lipinski definition) is 6.